The number of fused-ring (bicyclic) bond motifs is 4. The fraction of sp³-hybridized carbons (Fsp3) is 0.842. The third-order valence-electron chi connectivity index (χ3n) is 7.09. The van der Waals surface area contributed by atoms with E-state index >= 15 is 0 Å². The second-order valence-electron chi connectivity index (χ2n) is 8.01. The number of hydrogen-bond donors (Lipinski definition) is 0. The Bertz CT molecular complexity index is 502. The van der Waals surface area contributed by atoms with Crippen LogP contribution in [0.4, 0.5) is 0 Å². The lowest BCUT2D eigenvalue weighted by Crippen LogP contribution is -2.43. The van der Waals surface area contributed by atoms with Gasteiger partial charge in [-0.25, -0.2) is 9.78 Å². The Balaban J connectivity index is 1.48. The molecule has 128 valence electrons. The van der Waals surface area contributed by atoms with E-state index in [1.807, 2.05) is 0 Å². The first kappa shape index (κ1) is 15.6. The lowest BCUT2D eigenvalue weighted by molar-refractivity contribution is -0.283. The fourth-order valence-electron chi connectivity index (χ4n) is 5.94. The molecular weight excluding hydrogens is 292 g/mol. The lowest BCUT2D eigenvalue weighted by Gasteiger charge is -2.38. The first-order chi connectivity index (χ1) is 11.2. The van der Waals surface area contributed by atoms with Crippen molar-refractivity contribution in [2.75, 3.05) is 13.7 Å². The average molecular weight is 320 g/mol. The van der Waals surface area contributed by atoms with Crippen LogP contribution >= 0.6 is 0 Å². The van der Waals surface area contributed by atoms with E-state index in [1.165, 1.54) is 26.4 Å². The van der Waals surface area contributed by atoms with Crippen LogP contribution in [0.2, 0.25) is 0 Å². The van der Waals surface area contributed by atoms with Crippen LogP contribution in [-0.2, 0) is 19.3 Å². The molecule has 3 fully saturated rings. The number of ether oxygens (including phenoxy) is 1. The third-order valence-corrected chi connectivity index (χ3v) is 7.09. The van der Waals surface area contributed by atoms with Gasteiger partial charge in [0.1, 0.15) is 5.60 Å². The lowest BCUT2D eigenvalue weighted by atomic mass is 9.80. The summed E-state index contributed by atoms with van der Waals surface area (Å²) in [6.45, 7) is 2.66. The van der Waals surface area contributed by atoms with E-state index in [1.54, 1.807) is 0 Å². The second-order valence-corrected chi connectivity index (χ2v) is 8.01. The quantitative estimate of drug-likeness (QED) is 0.325. The predicted molar refractivity (Wildman–Crippen MR) is 85.2 cm³/mol. The average Bonchev–Trinajstić information content (AvgIpc) is 3.31. The van der Waals surface area contributed by atoms with Gasteiger partial charge in [-0.2, -0.15) is 0 Å². The smallest absolute Gasteiger partial charge is 0.310 e. The predicted octanol–water partition coefficient (Wildman–Crippen LogP) is 3.51. The van der Waals surface area contributed by atoms with Crippen molar-refractivity contribution < 1.29 is 19.3 Å². The standard InChI is InChI=1S/C19H28O4/c1-3-19(10-12-4-7-15(19)8-12)23-18(20)17-14-6-5-13(9-14)16(17)11-22-21-2/h5-6,12-17H,3-4,7-11H2,1-2H3. The van der Waals surface area contributed by atoms with Gasteiger partial charge in [-0.1, -0.05) is 19.1 Å². The van der Waals surface area contributed by atoms with E-state index < -0.39 is 0 Å². The molecule has 7 unspecified atom stereocenters. The van der Waals surface area contributed by atoms with Gasteiger partial charge in [0.2, 0.25) is 0 Å². The Kier molecular flexibility index (Phi) is 4.01. The van der Waals surface area contributed by atoms with Crippen molar-refractivity contribution in [3.63, 3.8) is 0 Å². The summed E-state index contributed by atoms with van der Waals surface area (Å²) in [5, 5.41) is 0. The summed E-state index contributed by atoms with van der Waals surface area (Å²) in [4.78, 5) is 23.0. The monoisotopic (exact) mass is 320 g/mol. The van der Waals surface area contributed by atoms with Gasteiger partial charge in [0, 0.05) is 5.92 Å². The van der Waals surface area contributed by atoms with Crippen molar-refractivity contribution in [2.24, 2.45) is 35.5 Å². The summed E-state index contributed by atoms with van der Waals surface area (Å²) < 4.78 is 6.26. The van der Waals surface area contributed by atoms with E-state index in [4.69, 9.17) is 14.5 Å². The molecule has 4 nitrogen and oxygen atoms in total. The zero-order valence-electron chi connectivity index (χ0n) is 14.2. The summed E-state index contributed by atoms with van der Waals surface area (Å²) in [7, 11) is 1.53. The minimum Gasteiger partial charge on any atom is -0.459 e. The van der Waals surface area contributed by atoms with E-state index in [-0.39, 0.29) is 23.4 Å². The highest BCUT2D eigenvalue weighted by Gasteiger charge is 2.55. The SMILES string of the molecule is CCC1(OC(=O)C2C3C=CC(C3)C2COOC)CC2CCC1C2. The van der Waals surface area contributed by atoms with Crippen molar-refractivity contribution in [3.8, 4) is 0 Å². The van der Waals surface area contributed by atoms with Gasteiger partial charge in [0.25, 0.3) is 0 Å². The molecule has 7 atom stereocenters. The molecule has 3 saturated carbocycles. The number of allylic oxidation sites excluding steroid dienone is 2. The Morgan fingerprint density at radius 1 is 1.22 bits per heavy atom. The first-order valence-electron chi connectivity index (χ1n) is 9.23. The molecule has 0 aliphatic heterocycles. The molecule has 0 aromatic rings. The second kappa shape index (κ2) is 5.89. The Morgan fingerprint density at radius 3 is 2.70 bits per heavy atom. The van der Waals surface area contributed by atoms with Gasteiger partial charge in [-0.15, -0.1) is 0 Å². The van der Waals surface area contributed by atoms with E-state index in [0.717, 1.165) is 25.2 Å². The van der Waals surface area contributed by atoms with Crippen LogP contribution in [0.15, 0.2) is 12.2 Å². The summed E-state index contributed by atoms with van der Waals surface area (Å²) in [6, 6.07) is 0. The van der Waals surface area contributed by atoms with Crippen LogP contribution in [0.1, 0.15) is 45.4 Å². The maximum Gasteiger partial charge on any atom is 0.310 e. The van der Waals surface area contributed by atoms with Crippen molar-refractivity contribution in [1.29, 1.82) is 0 Å². The highest BCUT2D eigenvalue weighted by Crippen LogP contribution is 2.55. The largest absolute Gasteiger partial charge is 0.459 e. The van der Waals surface area contributed by atoms with E-state index in [9.17, 15) is 4.79 Å². The first-order valence-corrected chi connectivity index (χ1v) is 9.23. The molecule has 0 radical (unpaired) electrons. The van der Waals surface area contributed by atoms with Gasteiger partial charge in [-0.05, 0) is 62.2 Å². The minimum absolute atomic E-state index is 0.0148. The van der Waals surface area contributed by atoms with Crippen LogP contribution < -0.4 is 0 Å². The van der Waals surface area contributed by atoms with Crippen molar-refractivity contribution in [3.05, 3.63) is 12.2 Å². The molecule has 4 rings (SSSR count). The number of hydrogen-bond acceptors (Lipinski definition) is 4. The Labute approximate surface area is 138 Å². The highest BCUT2D eigenvalue weighted by atomic mass is 17.2. The van der Waals surface area contributed by atoms with Gasteiger partial charge in [0.05, 0.1) is 19.6 Å². The van der Waals surface area contributed by atoms with Gasteiger partial charge < -0.3 is 4.74 Å². The van der Waals surface area contributed by atoms with Crippen LogP contribution in [0.5, 0.6) is 0 Å². The molecule has 4 aliphatic carbocycles. The summed E-state index contributed by atoms with van der Waals surface area (Å²) in [5.41, 5.74) is -0.182. The van der Waals surface area contributed by atoms with Crippen LogP contribution in [0.3, 0.4) is 0 Å². The van der Waals surface area contributed by atoms with Crippen molar-refractivity contribution >= 4 is 5.97 Å². The van der Waals surface area contributed by atoms with Crippen LogP contribution in [0.25, 0.3) is 0 Å². The maximum atomic E-state index is 13.1. The van der Waals surface area contributed by atoms with Gasteiger partial charge in [0.15, 0.2) is 0 Å². The topological polar surface area (TPSA) is 44.8 Å². The number of carbonyl (C=O) groups is 1. The Morgan fingerprint density at radius 2 is 2.04 bits per heavy atom. The molecule has 23 heavy (non-hydrogen) atoms. The van der Waals surface area contributed by atoms with E-state index in [0.29, 0.717) is 24.4 Å². The van der Waals surface area contributed by atoms with E-state index in [2.05, 4.69) is 19.1 Å². The minimum atomic E-state index is -0.182. The zero-order valence-corrected chi connectivity index (χ0v) is 14.2. The third kappa shape index (κ3) is 2.45. The molecule has 4 aliphatic rings. The zero-order chi connectivity index (χ0) is 16.0. The summed E-state index contributed by atoms with van der Waals surface area (Å²) in [5.74, 6) is 2.29. The van der Waals surface area contributed by atoms with Crippen LogP contribution in [0, 0.1) is 35.5 Å². The molecule has 0 spiro atoms. The molecule has 4 bridgehead atoms. The van der Waals surface area contributed by atoms with Gasteiger partial charge in [-0.3, -0.25) is 4.79 Å². The van der Waals surface area contributed by atoms with Crippen LogP contribution in [-0.4, -0.2) is 25.3 Å². The van der Waals surface area contributed by atoms with Crippen molar-refractivity contribution in [1.82, 2.24) is 0 Å². The number of esters is 1. The maximum absolute atomic E-state index is 13.1. The summed E-state index contributed by atoms with van der Waals surface area (Å²) in [6.07, 6.45) is 11.4. The molecule has 0 N–H and O–H groups in total. The molecule has 0 heterocycles. The molecule has 0 saturated heterocycles. The molecule has 0 aromatic heterocycles. The van der Waals surface area contributed by atoms with Crippen molar-refractivity contribution in [2.45, 2.75) is 51.0 Å². The fourth-order valence-corrected chi connectivity index (χ4v) is 5.94. The normalized spacial score (nSPS) is 46.7. The summed E-state index contributed by atoms with van der Waals surface area (Å²) >= 11 is 0. The molecule has 0 aromatic carbocycles. The number of carbonyl (C=O) groups excluding carboxylic acids is 1. The highest BCUT2D eigenvalue weighted by molar-refractivity contribution is 5.75. The molecule has 4 heteroatoms. The molecular formula is C19H28O4. The molecule has 0 amide bonds. The Hall–Kier alpha value is -0.870. The van der Waals surface area contributed by atoms with Gasteiger partial charge >= 0.3 is 5.97 Å². The number of rotatable bonds is 6.